The van der Waals surface area contributed by atoms with Gasteiger partial charge in [-0.15, -0.1) is 0 Å². The number of carbonyl (C=O) groups excluding carboxylic acids is 1. The predicted molar refractivity (Wildman–Crippen MR) is 77.0 cm³/mol. The van der Waals surface area contributed by atoms with Crippen LogP contribution in [0.1, 0.15) is 23.2 Å². The van der Waals surface area contributed by atoms with Gasteiger partial charge in [0.05, 0.1) is 18.6 Å². The van der Waals surface area contributed by atoms with E-state index in [4.69, 9.17) is 9.84 Å². The number of likely N-dealkylation sites (tertiary alicyclic amines) is 1. The Morgan fingerprint density at radius 3 is 2.85 bits per heavy atom. The molecule has 0 radical (unpaired) electrons. The molecule has 5 nitrogen and oxygen atoms in total. The summed E-state index contributed by atoms with van der Waals surface area (Å²) in [5, 5.41) is 9.08. The van der Waals surface area contributed by atoms with Crippen molar-refractivity contribution in [3.63, 3.8) is 0 Å². The molecule has 1 aliphatic heterocycles. The molecule has 0 bridgehead atoms. The van der Waals surface area contributed by atoms with Crippen LogP contribution >= 0.6 is 15.9 Å². The van der Waals surface area contributed by atoms with E-state index in [2.05, 4.69) is 15.9 Å². The van der Waals surface area contributed by atoms with E-state index in [0.717, 1.165) is 0 Å². The number of ether oxygens (including phenoxy) is 1. The zero-order valence-electron chi connectivity index (χ0n) is 11.1. The second-order valence-electron chi connectivity index (χ2n) is 4.77. The molecule has 108 valence electrons. The SMILES string of the molecule is COc1ccc(Br)c(C(=O)N2CCCC(C(=O)O)C2)c1. The number of piperidine rings is 1. The maximum atomic E-state index is 12.5. The number of hydrogen-bond donors (Lipinski definition) is 1. The smallest absolute Gasteiger partial charge is 0.308 e. The summed E-state index contributed by atoms with van der Waals surface area (Å²) in [7, 11) is 1.54. The van der Waals surface area contributed by atoms with Gasteiger partial charge in [0.15, 0.2) is 0 Å². The summed E-state index contributed by atoms with van der Waals surface area (Å²) in [5.41, 5.74) is 0.496. The number of aliphatic carboxylic acids is 1. The fourth-order valence-electron chi connectivity index (χ4n) is 2.33. The van der Waals surface area contributed by atoms with Crippen molar-refractivity contribution in [1.82, 2.24) is 4.90 Å². The molecule has 1 aliphatic rings. The third kappa shape index (κ3) is 3.12. The molecule has 1 atom stereocenters. The van der Waals surface area contributed by atoms with Crippen LogP contribution in [-0.2, 0) is 4.79 Å². The highest BCUT2D eigenvalue weighted by atomic mass is 79.9. The molecule has 1 fully saturated rings. The summed E-state index contributed by atoms with van der Waals surface area (Å²) < 4.78 is 5.80. The van der Waals surface area contributed by atoms with Crippen LogP contribution in [0.2, 0.25) is 0 Å². The predicted octanol–water partition coefficient (Wildman–Crippen LogP) is 2.39. The number of nitrogens with zero attached hydrogens (tertiary/aromatic N) is 1. The van der Waals surface area contributed by atoms with Crippen molar-refractivity contribution in [2.45, 2.75) is 12.8 Å². The second kappa shape index (κ2) is 6.26. The van der Waals surface area contributed by atoms with Gasteiger partial charge in [0.2, 0.25) is 0 Å². The van der Waals surface area contributed by atoms with Crippen LogP contribution in [0.15, 0.2) is 22.7 Å². The summed E-state index contributed by atoms with van der Waals surface area (Å²) in [5.74, 6) is -0.880. The molecule has 1 heterocycles. The van der Waals surface area contributed by atoms with E-state index in [1.165, 1.54) is 0 Å². The lowest BCUT2D eigenvalue weighted by molar-refractivity contribution is -0.143. The summed E-state index contributed by atoms with van der Waals surface area (Å²) in [6.45, 7) is 0.851. The van der Waals surface area contributed by atoms with Gasteiger partial charge in [0.1, 0.15) is 5.75 Å². The Morgan fingerprint density at radius 1 is 1.45 bits per heavy atom. The lowest BCUT2D eigenvalue weighted by Crippen LogP contribution is -2.42. The number of halogens is 1. The molecule has 2 rings (SSSR count). The maximum absolute atomic E-state index is 12.5. The quantitative estimate of drug-likeness (QED) is 0.916. The van der Waals surface area contributed by atoms with Crippen molar-refractivity contribution in [2.75, 3.05) is 20.2 Å². The van der Waals surface area contributed by atoms with Crippen LogP contribution < -0.4 is 4.74 Å². The van der Waals surface area contributed by atoms with E-state index in [0.29, 0.717) is 35.2 Å². The van der Waals surface area contributed by atoms with Gasteiger partial charge in [-0.1, -0.05) is 0 Å². The van der Waals surface area contributed by atoms with Gasteiger partial charge < -0.3 is 14.7 Å². The Bertz CT molecular complexity index is 532. The minimum Gasteiger partial charge on any atom is -0.497 e. The summed E-state index contributed by atoms with van der Waals surface area (Å²) in [6, 6.07) is 5.18. The molecular formula is C14H16BrNO4. The molecule has 0 aliphatic carbocycles. The molecule has 0 aromatic heterocycles. The van der Waals surface area contributed by atoms with Crippen molar-refractivity contribution in [3.05, 3.63) is 28.2 Å². The number of carboxylic acids is 1. The molecule has 1 aromatic rings. The minimum atomic E-state index is -0.841. The fraction of sp³-hybridized carbons (Fsp3) is 0.429. The van der Waals surface area contributed by atoms with Gasteiger partial charge >= 0.3 is 5.97 Å². The normalized spacial score (nSPS) is 18.7. The standard InChI is InChI=1S/C14H16BrNO4/c1-20-10-4-5-12(15)11(7-10)13(17)16-6-2-3-9(8-16)14(18)19/h4-5,7,9H,2-3,6,8H2,1H3,(H,18,19). The number of hydrogen-bond acceptors (Lipinski definition) is 3. The average Bonchev–Trinajstić information content (AvgIpc) is 2.47. The van der Waals surface area contributed by atoms with Gasteiger partial charge in [-0.2, -0.15) is 0 Å². The highest BCUT2D eigenvalue weighted by molar-refractivity contribution is 9.10. The Kier molecular flexibility index (Phi) is 4.65. The lowest BCUT2D eigenvalue weighted by Gasteiger charge is -2.31. The maximum Gasteiger partial charge on any atom is 0.308 e. The van der Waals surface area contributed by atoms with Crippen molar-refractivity contribution in [1.29, 1.82) is 0 Å². The second-order valence-corrected chi connectivity index (χ2v) is 5.63. The van der Waals surface area contributed by atoms with Crippen LogP contribution in [0.3, 0.4) is 0 Å². The zero-order valence-corrected chi connectivity index (χ0v) is 12.7. The van der Waals surface area contributed by atoms with Crippen LogP contribution in [0.25, 0.3) is 0 Å². The van der Waals surface area contributed by atoms with Crippen LogP contribution in [0.5, 0.6) is 5.75 Å². The van der Waals surface area contributed by atoms with Crippen molar-refractivity contribution in [2.24, 2.45) is 5.92 Å². The van der Waals surface area contributed by atoms with Crippen LogP contribution in [-0.4, -0.2) is 42.1 Å². The molecular weight excluding hydrogens is 326 g/mol. The first kappa shape index (κ1) is 14.8. The molecule has 1 amide bonds. The molecule has 1 saturated heterocycles. The molecule has 20 heavy (non-hydrogen) atoms. The zero-order chi connectivity index (χ0) is 14.7. The fourth-order valence-corrected chi connectivity index (χ4v) is 2.74. The molecule has 1 aromatic carbocycles. The largest absolute Gasteiger partial charge is 0.497 e. The van der Waals surface area contributed by atoms with Crippen molar-refractivity contribution < 1.29 is 19.4 Å². The van der Waals surface area contributed by atoms with E-state index in [1.54, 1.807) is 30.2 Å². The molecule has 1 N–H and O–H groups in total. The number of carboxylic acid groups (broad SMARTS) is 1. The first-order valence-electron chi connectivity index (χ1n) is 6.38. The van der Waals surface area contributed by atoms with Gasteiger partial charge in [0, 0.05) is 17.6 Å². The highest BCUT2D eigenvalue weighted by Gasteiger charge is 2.29. The molecule has 6 heteroatoms. The van der Waals surface area contributed by atoms with Gasteiger partial charge in [-0.05, 0) is 47.0 Å². The molecule has 1 unspecified atom stereocenters. The summed E-state index contributed by atoms with van der Waals surface area (Å²) >= 11 is 3.35. The van der Waals surface area contributed by atoms with E-state index >= 15 is 0 Å². The number of amides is 1. The van der Waals surface area contributed by atoms with E-state index < -0.39 is 11.9 Å². The third-order valence-electron chi connectivity index (χ3n) is 3.46. The Labute approximate surface area is 125 Å². The summed E-state index contributed by atoms with van der Waals surface area (Å²) in [6.07, 6.45) is 1.34. The van der Waals surface area contributed by atoms with E-state index in [1.807, 2.05) is 0 Å². The molecule has 0 spiro atoms. The minimum absolute atomic E-state index is 0.165. The highest BCUT2D eigenvalue weighted by Crippen LogP contribution is 2.26. The number of methoxy groups -OCH3 is 1. The van der Waals surface area contributed by atoms with Gasteiger partial charge in [-0.3, -0.25) is 9.59 Å². The monoisotopic (exact) mass is 341 g/mol. The van der Waals surface area contributed by atoms with Gasteiger partial charge in [-0.25, -0.2) is 0 Å². The first-order valence-corrected chi connectivity index (χ1v) is 7.18. The Balaban J connectivity index is 2.20. The van der Waals surface area contributed by atoms with Gasteiger partial charge in [0.25, 0.3) is 5.91 Å². The topological polar surface area (TPSA) is 66.8 Å². The first-order chi connectivity index (χ1) is 9.52. The van der Waals surface area contributed by atoms with E-state index in [9.17, 15) is 9.59 Å². The van der Waals surface area contributed by atoms with Crippen LogP contribution in [0, 0.1) is 5.92 Å². The van der Waals surface area contributed by atoms with E-state index in [-0.39, 0.29) is 12.5 Å². The number of rotatable bonds is 3. The number of benzene rings is 1. The van der Waals surface area contributed by atoms with Crippen molar-refractivity contribution >= 4 is 27.8 Å². The third-order valence-corrected chi connectivity index (χ3v) is 4.15. The van der Waals surface area contributed by atoms with Crippen molar-refractivity contribution in [3.8, 4) is 5.75 Å². The Hall–Kier alpha value is -1.56. The molecule has 0 saturated carbocycles. The Morgan fingerprint density at radius 2 is 2.20 bits per heavy atom. The summed E-state index contributed by atoms with van der Waals surface area (Å²) in [4.78, 5) is 25.2. The number of carbonyl (C=O) groups is 2. The lowest BCUT2D eigenvalue weighted by atomic mass is 9.97. The average molecular weight is 342 g/mol. The van der Waals surface area contributed by atoms with Crippen LogP contribution in [0.4, 0.5) is 0 Å².